The summed E-state index contributed by atoms with van der Waals surface area (Å²) in [7, 11) is 0. The predicted octanol–water partition coefficient (Wildman–Crippen LogP) is 15.6. The number of rotatable bonds is 8. The topological polar surface area (TPSA) is 43.9 Å². The smallest absolute Gasteiger partial charge is 0.0914 e. The van der Waals surface area contributed by atoms with Crippen molar-refractivity contribution < 1.29 is 24.5 Å². The van der Waals surface area contributed by atoms with E-state index < -0.39 is 0 Å². The van der Waals surface area contributed by atoms with E-state index in [0.717, 1.165) is 61.5 Å². The molecule has 0 atom stereocenters. The summed E-state index contributed by atoms with van der Waals surface area (Å²) in [6.07, 6.45) is 1.79. The van der Waals surface area contributed by atoms with Gasteiger partial charge in [0.1, 0.15) is 0 Å². The maximum atomic E-state index is 6.71. The number of furan rings is 1. The van der Waals surface area contributed by atoms with Crippen molar-refractivity contribution in [1.82, 2.24) is 14.5 Å². The van der Waals surface area contributed by atoms with Gasteiger partial charge >= 0.3 is 0 Å². The maximum Gasteiger partial charge on any atom is 0.0914 e. The molecule has 0 unspecified atom stereocenters. The first-order valence-electron chi connectivity index (χ1n) is 21.5. The van der Waals surface area contributed by atoms with Crippen molar-refractivity contribution >= 4 is 22.0 Å². The Hall–Kier alpha value is -6.65. The Labute approximate surface area is 384 Å². The Bertz CT molecular complexity index is 3050. The number of benzene rings is 7. The number of hydrogen-bond donors (Lipinski definition) is 0. The number of aromatic nitrogens is 3. The van der Waals surface area contributed by atoms with Crippen LogP contribution < -0.4 is 0 Å². The summed E-state index contributed by atoms with van der Waals surface area (Å²) in [6.45, 7) is 13.5. The van der Waals surface area contributed by atoms with Gasteiger partial charge in [-0.2, -0.15) is 0 Å². The van der Waals surface area contributed by atoms with Crippen LogP contribution >= 0.6 is 0 Å². The molecule has 0 amide bonds. The van der Waals surface area contributed by atoms with Gasteiger partial charge in [-0.1, -0.05) is 148 Å². The summed E-state index contributed by atoms with van der Waals surface area (Å²) in [4.78, 5) is 9.61. The minimum atomic E-state index is 0. The van der Waals surface area contributed by atoms with Crippen molar-refractivity contribution in [2.75, 3.05) is 0 Å². The Kier molecular flexibility index (Phi) is 12.8. The molecule has 7 aromatic carbocycles. The van der Waals surface area contributed by atoms with E-state index >= 15 is 0 Å². The predicted molar refractivity (Wildman–Crippen MR) is 258 cm³/mol. The normalized spacial score (nSPS) is 11.2. The van der Waals surface area contributed by atoms with E-state index in [0.29, 0.717) is 0 Å². The fraction of sp³-hybridized carbons (Fsp3) is 0.138. The van der Waals surface area contributed by atoms with Crippen molar-refractivity contribution in [3.8, 4) is 61.9 Å². The van der Waals surface area contributed by atoms with Crippen LogP contribution in [0.1, 0.15) is 61.8 Å². The van der Waals surface area contributed by atoms with E-state index in [4.69, 9.17) is 9.40 Å². The van der Waals surface area contributed by atoms with E-state index in [1.165, 1.54) is 44.6 Å². The molecule has 5 heteroatoms. The SMILES string of the molecule is Cc1cccc(C)c1-c1cc(-c2nc3ccccc3n2-c2c(C(C)C)cc(-c3ccccc3)cc2C(C)C)[c-]c2cc(-c3ccccc3)oc12.[Ir].[c-]1ccccc1-c1ccccn1. The van der Waals surface area contributed by atoms with E-state index in [-0.39, 0.29) is 31.9 Å². The number of imidazole rings is 1. The molecule has 10 rings (SSSR count). The van der Waals surface area contributed by atoms with Gasteiger partial charge in [0.2, 0.25) is 0 Å². The van der Waals surface area contributed by atoms with Crippen LogP contribution in [0.4, 0.5) is 0 Å². The van der Waals surface area contributed by atoms with Gasteiger partial charge < -0.3 is 14.0 Å². The molecule has 0 aliphatic heterocycles. The van der Waals surface area contributed by atoms with Crippen LogP contribution in [-0.4, -0.2) is 14.5 Å². The standard InChI is InChI=1S/C47H41N2O.C11H8N.Ir/c1-29(2)38-25-35(33-18-9-7-10-19-33)26-39(30(3)4)45(38)49-42-23-14-13-22-41(42)48-47(49)37-24-36-28-43(34-20-11-8-12-21-34)50-46(36)40(27-37)44-31(5)16-15-17-32(44)6;1-2-6-10(7-3-1)11-8-4-5-9-12-11;/h7-23,25-30H,1-6H3;1-6,8-9H;/q2*-1;. The Morgan fingerprint density at radius 3 is 1.86 bits per heavy atom. The molecule has 0 bridgehead atoms. The maximum absolute atomic E-state index is 6.71. The van der Waals surface area contributed by atoms with E-state index in [9.17, 15) is 0 Å². The van der Waals surface area contributed by atoms with Crippen molar-refractivity contribution in [3.63, 3.8) is 0 Å². The molecule has 4 nitrogen and oxygen atoms in total. The Morgan fingerprint density at radius 2 is 1.22 bits per heavy atom. The van der Waals surface area contributed by atoms with Gasteiger partial charge in [0.05, 0.1) is 28.2 Å². The monoisotopic (exact) mass is 996 g/mol. The van der Waals surface area contributed by atoms with Crippen LogP contribution in [0.5, 0.6) is 0 Å². The van der Waals surface area contributed by atoms with Crippen molar-refractivity contribution in [3.05, 3.63) is 210 Å². The number of aryl methyl sites for hydroxylation is 2. The zero-order valence-electron chi connectivity index (χ0n) is 36.5. The summed E-state index contributed by atoms with van der Waals surface area (Å²) < 4.78 is 9.11. The summed E-state index contributed by atoms with van der Waals surface area (Å²) in [6, 6.07) is 65.8. The minimum absolute atomic E-state index is 0. The van der Waals surface area contributed by atoms with Gasteiger partial charge in [0.25, 0.3) is 0 Å². The number of para-hydroxylation sites is 2. The average Bonchev–Trinajstić information content (AvgIpc) is 3.92. The molecule has 1 radical (unpaired) electrons. The van der Waals surface area contributed by atoms with Crippen LogP contribution in [-0.2, 0) is 20.1 Å². The third-order valence-corrected chi connectivity index (χ3v) is 11.5. The first-order chi connectivity index (χ1) is 30.2. The van der Waals surface area contributed by atoms with E-state index in [2.05, 4.69) is 172 Å². The van der Waals surface area contributed by atoms with Crippen molar-refractivity contribution in [2.45, 2.75) is 53.4 Å². The molecule has 0 saturated carbocycles. The summed E-state index contributed by atoms with van der Waals surface area (Å²) in [5.74, 6) is 2.26. The van der Waals surface area contributed by atoms with Gasteiger partial charge in [-0.3, -0.25) is 4.98 Å². The fourth-order valence-corrected chi connectivity index (χ4v) is 8.49. The van der Waals surface area contributed by atoms with Crippen LogP contribution in [0.2, 0.25) is 0 Å². The zero-order valence-corrected chi connectivity index (χ0v) is 38.9. The van der Waals surface area contributed by atoms with Crippen molar-refractivity contribution in [1.29, 1.82) is 0 Å². The third-order valence-electron chi connectivity index (χ3n) is 11.5. The molecule has 0 fully saturated rings. The van der Waals surface area contributed by atoms with Gasteiger partial charge in [0.15, 0.2) is 0 Å². The molecule has 63 heavy (non-hydrogen) atoms. The summed E-state index contributed by atoms with van der Waals surface area (Å²) >= 11 is 0. The number of fused-ring (bicyclic) bond motifs is 2. The molecule has 10 aromatic rings. The molecular weight excluding hydrogens is 947 g/mol. The van der Waals surface area contributed by atoms with Crippen LogP contribution in [0, 0.1) is 26.0 Å². The second-order valence-corrected chi connectivity index (χ2v) is 16.5. The molecule has 0 aliphatic rings. The zero-order chi connectivity index (χ0) is 42.7. The third kappa shape index (κ3) is 8.73. The molecule has 3 heterocycles. The van der Waals surface area contributed by atoms with E-state index in [1.807, 2.05) is 60.7 Å². The molecule has 0 saturated heterocycles. The first-order valence-corrected chi connectivity index (χ1v) is 21.5. The number of hydrogen-bond acceptors (Lipinski definition) is 3. The van der Waals surface area contributed by atoms with Crippen molar-refractivity contribution in [2.24, 2.45) is 0 Å². The van der Waals surface area contributed by atoms with E-state index in [1.54, 1.807) is 6.20 Å². The van der Waals surface area contributed by atoms with Crippen LogP contribution in [0.3, 0.4) is 0 Å². The van der Waals surface area contributed by atoms with Gasteiger partial charge in [-0.15, -0.1) is 48.0 Å². The largest absolute Gasteiger partial charge is 0.499 e. The molecule has 313 valence electrons. The second kappa shape index (κ2) is 18.8. The molecular formula is C58H49IrN3O-2. The molecule has 0 aliphatic carbocycles. The Balaban J connectivity index is 0.000000361. The molecule has 0 spiro atoms. The van der Waals surface area contributed by atoms with Gasteiger partial charge in [-0.25, -0.2) is 0 Å². The van der Waals surface area contributed by atoms with Crippen LogP contribution in [0.15, 0.2) is 180 Å². The summed E-state index contributed by atoms with van der Waals surface area (Å²) in [5.41, 5.74) is 17.8. The summed E-state index contributed by atoms with van der Waals surface area (Å²) in [5, 5.41) is 0.935. The number of pyridine rings is 1. The van der Waals surface area contributed by atoms with Gasteiger partial charge in [-0.05, 0) is 106 Å². The number of nitrogens with zero attached hydrogens (tertiary/aromatic N) is 3. The average molecular weight is 996 g/mol. The quantitative estimate of drug-likeness (QED) is 0.143. The second-order valence-electron chi connectivity index (χ2n) is 16.5. The first kappa shape index (κ1) is 43.0. The van der Waals surface area contributed by atoms with Crippen LogP contribution in [0.25, 0.3) is 83.9 Å². The minimum Gasteiger partial charge on any atom is -0.499 e. The molecule has 3 aromatic heterocycles. The molecule has 0 N–H and O–H groups in total. The fourth-order valence-electron chi connectivity index (χ4n) is 8.49. The van der Waals surface area contributed by atoms with Gasteiger partial charge in [0, 0.05) is 37.6 Å². The Morgan fingerprint density at radius 1 is 0.587 bits per heavy atom.